The normalized spacial score (nSPS) is 21.6. The van der Waals surface area contributed by atoms with Crippen molar-refractivity contribution in [2.45, 2.75) is 24.8 Å². The predicted molar refractivity (Wildman–Crippen MR) is 99.6 cm³/mol. The molecule has 118 valence electrons. The molecule has 0 radical (unpaired) electrons. The number of para-hydroxylation sites is 1. The molecule has 0 aromatic heterocycles. The topological polar surface area (TPSA) is 3.24 Å². The molecule has 0 bridgehead atoms. The number of hydrogen-bond donors (Lipinski definition) is 0. The fraction of sp³-hybridized carbons (Fsp3) is 0.217. The molecule has 3 aromatic rings. The summed E-state index contributed by atoms with van der Waals surface area (Å²) >= 11 is 0. The monoisotopic (exact) mass is 311 g/mol. The molecule has 2 atom stereocenters. The van der Waals surface area contributed by atoms with Gasteiger partial charge in [-0.05, 0) is 41.2 Å². The van der Waals surface area contributed by atoms with Gasteiger partial charge in [-0.15, -0.1) is 0 Å². The summed E-state index contributed by atoms with van der Waals surface area (Å²) in [5, 5.41) is 0. The van der Waals surface area contributed by atoms with Crippen molar-refractivity contribution in [1.82, 2.24) is 0 Å². The third-order valence-corrected chi connectivity index (χ3v) is 5.69. The molecule has 0 saturated carbocycles. The Hall–Kier alpha value is -2.54. The number of hydrogen-bond acceptors (Lipinski definition) is 1. The first-order valence-corrected chi connectivity index (χ1v) is 8.90. The SMILES string of the molecule is c1ccc([C@H]2C[C@H]3c4ccccc4CCN3c3ccccc32)cc1. The average Bonchev–Trinajstić information content (AvgIpc) is 2.67. The zero-order valence-corrected chi connectivity index (χ0v) is 13.7. The Morgan fingerprint density at radius 3 is 2.29 bits per heavy atom. The molecule has 2 heterocycles. The Labute approximate surface area is 143 Å². The summed E-state index contributed by atoms with van der Waals surface area (Å²) in [6.45, 7) is 1.13. The molecule has 0 N–H and O–H groups in total. The van der Waals surface area contributed by atoms with E-state index in [1.165, 1.54) is 27.9 Å². The molecule has 0 spiro atoms. The second kappa shape index (κ2) is 5.52. The van der Waals surface area contributed by atoms with Gasteiger partial charge in [-0.2, -0.15) is 0 Å². The maximum Gasteiger partial charge on any atom is 0.0554 e. The van der Waals surface area contributed by atoms with Crippen molar-refractivity contribution in [2.24, 2.45) is 0 Å². The number of nitrogens with zero attached hydrogens (tertiary/aromatic N) is 1. The first-order chi connectivity index (χ1) is 11.9. The van der Waals surface area contributed by atoms with Crippen molar-refractivity contribution in [1.29, 1.82) is 0 Å². The van der Waals surface area contributed by atoms with Crippen LogP contribution >= 0.6 is 0 Å². The van der Waals surface area contributed by atoms with Crippen molar-refractivity contribution in [3.8, 4) is 0 Å². The van der Waals surface area contributed by atoms with Gasteiger partial charge in [0.15, 0.2) is 0 Å². The molecule has 5 rings (SSSR count). The van der Waals surface area contributed by atoms with Crippen LogP contribution in [0.25, 0.3) is 0 Å². The van der Waals surface area contributed by atoms with Crippen LogP contribution in [0.5, 0.6) is 0 Å². The summed E-state index contributed by atoms with van der Waals surface area (Å²) in [6, 6.07) is 29.5. The molecule has 0 unspecified atom stereocenters. The highest BCUT2D eigenvalue weighted by molar-refractivity contribution is 5.63. The molecule has 1 heteroatoms. The number of anilines is 1. The van der Waals surface area contributed by atoms with Crippen LogP contribution < -0.4 is 4.90 Å². The molecule has 0 aliphatic carbocycles. The molecule has 2 aliphatic rings. The first-order valence-electron chi connectivity index (χ1n) is 8.90. The van der Waals surface area contributed by atoms with Gasteiger partial charge in [0.25, 0.3) is 0 Å². The van der Waals surface area contributed by atoms with Gasteiger partial charge in [-0.1, -0.05) is 72.8 Å². The van der Waals surface area contributed by atoms with E-state index in [-0.39, 0.29) is 0 Å². The van der Waals surface area contributed by atoms with E-state index in [9.17, 15) is 0 Å². The Morgan fingerprint density at radius 1 is 0.708 bits per heavy atom. The Bertz CT molecular complexity index is 868. The van der Waals surface area contributed by atoms with Gasteiger partial charge in [0.1, 0.15) is 0 Å². The molecule has 0 fully saturated rings. The Morgan fingerprint density at radius 2 is 1.42 bits per heavy atom. The Balaban J connectivity index is 1.67. The van der Waals surface area contributed by atoms with Crippen LogP contribution in [-0.2, 0) is 6.42 Å². The zero-order valence-electron chi connectivity index (χ0n) is 13.7. The lowest BCUT2D eigenvalue weighted by Gasteiger charge is -2.46. The highest BCUT2D eigenvalue weighted by Gasteiger charge is 2.36. The summed E-state index contributed by atoms with van der Waals surface area (Å²) in [5.41, 5.74) is 7.41. The second-order valence-corrected chi connectivity index (χ2v) is 6.92. The van der Waals surface area contributed by atoms with Crippen LogP contribution in [-0.4, -0.2) is 6.54 Å². The van der Waals surface area contributed by atoms with Crippen LogP contribution in [0.1, 0.15) is 40.6 Å². The van der Waals surface area contributed by atoms with E-state index in [1.807, 2.05) is 0 Å². The van der Waals surface area contributed by atoms with Crippen molar-refractivity contribution >= 4 is 5.69 Å². The van der Waals surface area contributed by atoms with E-state index in [2.05, 4.69) is 83.8 Å². The largest absolute Gasteiger partial charge is 0.364 e. The molecule has 1 nitrogen and oxygen atoms in total. The molecule has 24 heavy (non-hydrogen) atoms. The van der Waals surface area contributed by atoms with Gasteiger partial charge in [0.2, 0.25) is 0 Å². The second-order valence-electron chi connectivity index (χ2n) is 6.92. The lowest BCUT2D eigenvalue weighted by Crippen LogP contribution is -2.40. The van der Waals surface area contributed by atoms with Crippen molar-refractivity contribution in [3.05, 3.63) is 101 Å². The highest BCUT2D eigenvalue weighted by atomic mass is 15.2. The minimum absolute atomic E-state index is 0.481. The van der Waals surface area contributed by atoms with E-state index >= 15 is 0 Å². The first kappa shape index (κ1) is 13.9. The average molecular weight is 311 g/mol. The third-order valence-electron chi connectivity index (χ3n) is 5.69. The lowest BCUT2D eigenvalue weighted by molar-refractivity contribution is 0.490. The van der Waals surface area contributed by atoms with Crippen molar-refractivity contribution in [3.63, 3.8) is 0 Å². The minimum atomic E-state index is 0.481. The maximum atomic E-state index is 2.64. The van der Waals surface area contributed by atoms with Gasteiger partial charge in [-0.25, -0.2) is 0 Å². The minimum Gasteiger partial charge on any atom is -0.364 e. The summed E-state index contributed by atoms with van der Waals surface area (Å²) in [5.74, 6) is 0.481. The van der Waals surface area contributed by atoms with Crippen LogP contribution in [0.2, 0.25) is 0 Å². The molecule has 0 amide bonds. The van der Waals surface area contributed by atoms with E-state index < -0.39 is 0 Å². The van der Waals surface area contributed by atoms with Crippen LogP contribution in [0, 0.1) is 0 Å². The predicted octanol–water partition coefficient (Wildman–Crippen LogP) is 5.33. The standard InChI is InChI=1S/C23H21N/c1-2-8-17(9-3-1)21-16-23-19-11-5-4-10-18(19)14-15-24(23)22-13-7-6-12-20(21)22/h1-13,21,23H,14-16H2/t21-,23+/m1/s1. The summed E-state index contributed by atoms with van der Waals surface area (Å²) in [7, 11) is 0. The van der Waals surface area contributed by atoms with Gasteiger partial charge < -0.3 is 4.90 Å². The molecular formula is C23H21N. The van der Waals surface area contributed by atoms with Crippen LogP contribution in [0.15, 0.2) is 78.9 Å². The fourth-order valence-corrected chi connectivity index (χ4v) is 4.59. The molecule has 2 aliphatic heterocycles. The van der Waals surface area contributed by atoms with Crippen molar-refractivity contribution < 1.29 is 0 Å². The maximum absolute atomic E-state index is 2.64. The summed E-state index contributed by atoms with van der Waals surface area (Å²) in [6.07, 6.45) is 2.31. The van der Waals surface area contributed by atoms with Gasteiger partial charge in [0.05, 0.1) is 6.04 Å². The molecular weight excluding hydrogens is 290 g/mol. The van der Waals surface area contributed by atoms with Crippen molar-refractivity contribution in [2.75, 3.05) is 11.4 Å². The quantitative estimate of drug-likeness (QED) is 0.587. The number of rotatable bonds is 1. The zero-order chi connectivity index (χ0) is 15.9. The van der Waals surface area contributed by atoms with Crippen LogP contribution in [0.4, 0.5) is 5.69 Å². The van der Waals surface area contributed by atoms with E-state index in [4.69, 9.17) is 0 Å². The molecule has 3 aromatic carbocycles. The van der Waals surface area contributed by atoms with E-state index in [1.54, 1.807) is 0 Å². The molecule has 0 saturated heterocycles. The third kappa shape index (κ3) is 2.08. The van der Waals surface area contributed by atoms with E-state index in [0.717, 1.165) is 19.4 Å². The van der Waals surface area contributed by atoms with E-state index in [0.29, 0.717) is 12.0 Å². The summed E-state index contributed by atoms with van der Waals surface area (Å²) < 4.78 is 0. The lowest BCUT2D eigenvalue weighted by atomic mass is 9.76. The highest BCUT2D eigenvalue weighted by Crippen LogP contribution is 2.49. The van der Waals surface area contributed by atoms with Gasteiger partial charge >= 0.3 is 0 Å². The Kier molecular flexibility index (Phi) is 3.19. The van der Waals surface area contributed by atoms with Gasteiger partial charge in [0, 0.05) is 18.2 Å². The number of benzene rings is 3. The van der Waals surface area contributed by atoms with Gasteiger partial charge in [-0.3, -0.25) is 0 Å². The van der Waals surface area contributed by atoms with Crippen LogP contribution in [0.3, 0.4) is 0 Å². The number of fused-ring (bicyclic) bond motifs is 5. The fourth-order valence-electron chi connectivity index (χ4n) is 4.59. The summed E-state index contributed by atoms with van der Waals surface area (Å²) in [4.78, 5) is 2.64. The smallest absolute Gasteiger partial charge is 0.0554 e.